The lowest BCUT2D eigenvalue weighted by Crippen LogP contribution is -2.27. The molecule has 0 aliphatic carbocycles. The summed E-state index contributed by atoms with van der Waals surface area (Å²) in [5.41, 5.74) is 0.795. The van der Waals surface area contributed by atoms with E-state index in [9.17, 15) is 8.42 Å². The average Bonchev–Trinajstić information content (AvgIpc) is 2.38. The van der Waals surface area contributed by atoms with Gasteiger partial charge in [-0.05, 0) is 17.7 Å². The van der Waals surface area contributed by atoms with E-state index in [1.807, 2.05) is 0 Å². The van der Waals surface area contributed by atoms with Crippen molar-refractivity contribution < 1.29 is 17.9 Å². The Kier molecular flexibility index (Phi) is 5.25. The Labute approximate surface area is 112 Å². The van der Waals surface area contributed by atoms with Crippen molar-refractivity contribution in [3.63, 3.8) is 0 Å². The summed E-state index contributed by atoms with van der Waals surface area (Å²) in [5, 5.41) is -0.434. The third kappa shape index (κ3) is 3.51. The van der Waals surface area contributed by atoms with E-state index in [4.69, 9.17) is 21.1 Å². The Morgan fingerprint density at radius 1 is 1.22 bits per heavy atom. The molecule has 0 atom stereocenters. The first-order valence-corrected chi connectivity index (χ1v) is 7.30. The number of rotatable bonds is 6. The molecule has 0 saturated heterocycles. The number of hydrogen-bond donors (Lipinski definition) is 0. The van der Waals surface area contributed by atoms with Crippen molar-refractivity contribution in [1.82, 2.24) is 4.31 Å². The summed E-state index contributed by atoms with van der Waals surface area (Å²) in [6, 6.07) is 5.25. The fourth-order valence-corrected chi connectivity index (χ4v) is 2.43. The summed E-state index contributed by atoms with van der Waals surface area (Å²) < 4.78 is 34.5. The minimum absolute atomic E-state index is 0.232. The Bertz CT molecular complexity index is 504. The highest BCUT2D eigenvalue weighted by atomic mass is 35.5. The Hall–Kier alpha value is -0.980. The minimum atomic E-state index is -3.40. The zero-order chi connectivity index (χ0) is 13.8. The molecule has 0 aliphatic rings. The monoisotopic (exact) mass is 293 g/mol. The van der Waals surface area contributed by atoms with Gasteiger partial charge in [-0.1, -0.05) is 6.07 Å². The first-order chi connectivity index (χ1) is 8.44. The molecule has 0 amide bonds. The number of nitrogens with zero attached hydrogens (tertiary/aromatic N) is 1. The number of hydrogen-bond acceptors (Lipinski definition) is 4. The Morgan fingerprint density at radius 2 is 1.83 bits per heavy atom. The molecule has 0 unspecified atom stereocenters. The van der Waals surface area contributed by atoms with Crippen molar-refractivity contribution in [2.75, 3.05) is 26.5 Å². The SMILES string of the molecule is COc1ccc(CN(C)S(=O)(=O)CCl)cc1OC. The largest absolute Gasteiger partial charge is 0.493 e. The predicted molar refractivity (Wildman–Crippen MR) is 70.7 cm³/mol. The molecule has 0 bridgehead atoms. The predicted octanol–water partition coefficient (Wildman–Crippen LogP) is 1.66. The molecular weight excluding hydrogens is 278 g/mol. The third-order valence-corrected chi connectivity index (χ3v) is 4.65. The van der Waals surface area contributed by atoms with E-state index in [0.717, 1.165) is 5.56 Å². The van der Waals surface area contributed by atoms with Gasteiger partial charge in [0.2, 0.25) is 10.0 Å². The molecule has 7 heteroatoms. The van der Waals surface area contributed by atoms with Crippen molar-refractivity contribution in [2.24, 2.45) is 0 Å². The molecule has 0 aromatic heterocycles. The molecule has 0 aliphatic heterocycles. The van der Waals surface area contributed by atoms with Crippen molar-refractivity contribution >= 4 is 21.6 Å². The van der Waals surface area contributed by atoms with Gasteiger partial charge in [0.05, 0.1) is 14.2 Å². The normalized spacial score (nSPS) is 11.6. The van der Waals surface area contributed by atoms with Crippen LogP contribution in [-0.4, -0.2) is 39.2 Å². The van der Waals surface area contributed by atoms with Gasteiger partial charge in [0.1, 0.15) is 5.21 Å². The molecule has 0 N–H and O–H groups in total. The van der Waals surface area contributed by atoms with Gasteiger partial charge in [0.25, 0.3) is 0 Å². The van der Waals surface area contributed by atoms with Crippen LogP contribution in [0, 0.1) is 0 Å². The van der Waals surface area contributed by atoms with Gasteiger partial charge >= 0.3 is 0 Å². The van der Waals surface area contributed by atoms with Crippen LogP contribution >= 0.6 is 11.6 Å². The molecule has 102 valence electrons. The van der Waals surface area contributed by atoms with E-state index in [2.05, 4.69) is 0 Å². The highest BCUT2D eigenvalue weighted by molar-refractivity contribution is 7.90. The van der Waals surface area contributed by atoms with Gasteiger partial charge in [-0.2, -0.15) is 4.31 Å². The molecule has 18 heavy (non-hydrogen) atoms. The van der Waals surface area contributed by atoms with Gasteiger partial charge < -0.3 is 9.47 Å². The zero-order valence-electron chi connectivity index (χ0n) is 10.5. The fourth-order valence-electron chi connectivity index (χ4n) is 1.42. The van der Waals surface area contributed by atoms with Crippen LogP contribution in [0.1, 0.15) is 5.56 Å². The van der Waals surface area contributed by atoms with Crippen LogP contribution < -0.4 is 9.47 Å². The van der Waals surface area contributed by atoms with Crippen LogP contribution in [0.25, 0.3) is 0 Å². The third-order valence-electron chi connectivity index (χ3n) is 2.47. The quantitative estimate of drug-likeness (QED) is 0.749. The maximum atomic E-state index is 11.5. The molecule has 1 aromatic carbocycles. The van der Waals surface area contributed by atoms with E-state index >= 15 is 0 Å². The lowest BCUT2D eigenvalue weighted by molar-refractivity contribution is 0.354. The second-order valence-corrected chi connectivity index (χ2v) is 6.33. The molecule has 5 nitrogen and oxygen atoms in total. The number of methoxy groups -OCH3 is 2. The fraction of sp³-hybridized carbons (Fsp3) is 0.455. The van der Waals surface area contributed by atoms with Gasteiger partial charge in [0, 0.05) is 13.6 Å². The topological polar surface area (TPSA) is 55.8 Å². The Morgan fingerprint density at radius 3 is 2.33 bits per heavy atom. The van der Waals surface area contributed by atoms with E-state index in [-0.39, 0.29) is 6.54 Å². The summed E-state index contributed by atoms with van der Waals surface area (Å²) in [7, 11) is 1.15. The van der Waals surface area contributed by atoms with Gasteiger partial charge in [-0.3, -0.25) is 0 Å². The highest BCUT2D eigenvalue weighted by Crippen LogP contribution is 2.28. The zero-order valence-corrected chi connectivity index (χ0v) is 12.1. The number of sulfonamides is 1. The highest BCUT2D eigenvalue weighted by Gasteiger charge is 2.17. The summed E-state index contributed by atoms with van der Waals surface area (Å²) in [5.74, 6) is 1.16. The van der Waals surface area contributed by atoms with Gasteiger partial charge in [-0.25, -0.2) is 8.42 Å². The van der Waals surface area contributed by atoms with Crippen molar-refractivity contribution in [3.05, 3.63) is 23.8 Å². The van der Waals surface area contributed by atoms with Crippen LogP contribution in [0.2, 0.25) is 0 Å². The molecule has 0 radical (unpaired) electrons. The van der Waals surface area contributed by atoms with Crippen LogP contribution in [-0.2, 0) is 16.6 Å². The maximum Gasteiger partial charge on any atom is 0.228 e. The summed E-state index contributed by atoms with van der Waals surface area (Å²) in [4.78, 5) is 0. The van der Waals surface area contributed by atoms with Crippen LogP contribution in [0.5, 0.6) is 11.5 Å². The van der Waals surface area contributed by atoms with Crippen LogP contribution in [0.15, 0.2) is 18.2 Å². The first kappa shape index (κ1) is 15.1. The van der Waals surface area contributed by atoms with Crippen LogP contribution in [0.3, 0.4) is 0 Å². The second kappa shape index (κ2) is 6.26. The molecule has 0 spiro atoms. The molecular formula is C11H16ClNO4S. The summed E-state index contributed by atoms with van der Waals surface area (Å²) >= 11 is 5.39. The summed E-state index contributed by atoms with van der Waals surface area (Å²) in [6.45, 7) is 0.232. The number of alkyl halides is 1. The number of halogens is 1. The lowest BCUT2D eigenvalue weighted by atomic mass is 10.2. The smallest absolute Gasteiger partial charge is 0.228 e. The summed E-state index contributed by atoms with van der Waals surface area (Å²) in [6.07, 6.45) is 0. The van der Waals surface area contributed by atoms with E-state index < -0.39 is 15.2 Å². The van der Waals surface area contributed by atoms with E-state index in [1.54, 1.807) is 25.3 Å². The molecule has 0 fully saturated rings. The van der Waals surface area contributed by atoms with Crippen molar-refractivity contribution in [3.8, 4) is 11.5 Å². The molecule has 1 aromatic rings. The van der Waals surface area contributed by atoms with Gasteiger partial charge in [-0.15, -0.1) is 11.6 Å². The lowest BCUT2D eigenvalue weighted by Gasteiger charge is -2.16. The maximum absolute atomic E-state index is 11.5. The molecule has 1 rings (SSSR count). The first-order valence-electron chi connectivity index (χ1n) is 5.15. The standard InChI is InChI=1S/C11H16ClNO4S/c1-13(18(14,15)8-12)7-9-4-5-10(16-2)11(6-9)17-3/h4-6H,7-8H2,1-3H3. The molecule has 0 saturated carbocycles. The van der Waals surface area contributed by atoms with Crippen LogP contribution in [0.4, 0.5) is 0 Å². The second-order valence-electron chi connectivity index (χ2n) is 3.67. The minimum Gasteiger partial charge on any atom is -0.493 e. The van der Waals surface area contributed by atoms with E-state index in [0.29, 0.717) is 11.5 Å². The number of benzene rings is 1. The Balaban J connectivity index is 2.92. The van der Waals surface area contributed by atoms with Crippen molar-refractivity contribution in [1.29, 1.82) is 0 Å². The molecule has 0 heterocycles. The van der Waals surface area contributed by atoms with E-state index in [1.165, 1.54) is 18.5 Å². The van der Waals surface area contributed by atoms with Crippen molar-refractivity contribution in [2.45, 2.75) is 6.54 Å². The number of ether oxygens (including phenoxy) is 2. The van der Waals surface area contributed by atoms with Gasteiger partial charge in [0.15, 0.2) is 11.5 Å². The average molecular weight is 294 g/mol.